The number of rotatable bonds is 3. The predicted molar refractivity (Wildman–Crippen MR) is 64.3 cm³/mol. The van der Waals surface area contributed by atoms with E-state index in [0.29, 0.717) is 3.57 Å². The number of halogens is 1. The van der Waals surface area contributed by atoms with Crippen LogP contribution >= 0.6 is 34.4 Å². The second kappa shape index (κ2) is 4.99. The van der Waals surface area contributed by atoms with E-state index in [1.54, 1.807) is 22.5 Å². The first-order chi connectivity index (χ1) is 6.16. The molecule has 1 aromatic rings. The van der Waals surface area contributed by atoms with Crippen LogP contribution in [0.2, 0.25) is 0 Å². The lowest BCUT2D eigenvalue weighted by Gasteiger charge is -2.07. The van der Waals surface area contributed by atoms with Crippen LogP contribution in [0.3, 0.4) is 0 Å². The molecular formula is C8H11IN2OS. The van der Waals surface area contributed by atoms with Crippen LogP contribution in [0.25, 0.3) is 0 Å². The van der Waals surface area contributed by atoms with Crippen LogP contribution < -0.4 is 5.56 Å². The Labute approximate surface area is 95.1 Å². The summed E-state index contributed by atoms with van der Waals surface area (Å²) in [5, 5.41) is 0. The van der Waals surface area contributed by atoms with Crippen molar-refractivity contribution < 1.29 is 0 Å². The summed E-state index contributed by atoms with van der Waals surface area (Å²) in [6, 6.07) is 0. The topological polar surface area (TPSA) is 34.9 Å². The number of aryl methyl sites for hydroxylation is 1. The highest BCUT2D eigenvalue weighted by molar-refractivity contribution is 14.1. The van der Waals surface area contributed by atoms with E-state index in [1.165, 1.54) is 0 Å². The number of nitrogens with zero attached hydrogens (tertiary/aromatic N) is 2. The third-order valence-corrected chi connectivity index (χ3v) is 3.05. The van der Waals surface area contributed by atoms with Gasteiger partial charge in [-0.25, -0.2) is 4.98 Å². The highest BCUT2D eigenvalue weighted by atomic mass is 127. The number of aromatic nitrogens is 2. The van der Waals surface area contributed by atoms with Crippen molar-refractivity contribution in [2.24, 2.45) is 0 Å². The molecule has 0 radical (unpaired) electrons. The van der Waals surface area contributed by atoms with Crippen LogP contribution in [-0.2, 0) is 6.54 Å². The van der Waals surface area contributed by atoms with E-state index < -0.39 is 0 Å². The summed E-state index contributed by atoms with van der Waals surface area (Å²) in [5.41, 5.74) is 0.0714. The Morgan fingerprint density at radius 1 is 1.69 bits per heavy atom. The van der Waals surface area contributed by atoms with Gasteiger partial charge in [-0.2, -0.15) is 11.8 Å². The summed E-state index contributed by atoms with van der Waals surface area (Å²) in [5.74, 6) is 1.74. The molecule has 0 atom stereocenters. The fourth-order valence-electron chi connectivity index (χ4n) is 0.997. The van der Waals surface area contributed by atoms with E-state index in [4.69, 9.17) is 0 Å². The molecule has 0 aromatic carbocycles. The molecule has 0 spiro atoms. The molecule has 1 aromatic heterocycles. The van der Waals surface area contributed by atoms with Gasteiger partial charge in [-0.15, -0.1) is 0 Å². The lowest BCUT2D eigenvalue weighted by Crippen LogP contribution is -2.26. The normalized spacial score (nSPS) is 10.4. The number of hydrogen-bond acceptors (Lipinski definition) is 3. The molecule has 5 heteroatoms. The van der Waals surface area contributed by atoms with Gasteiger partial charge in [-0.3, -0.25) is 9.36 Å². The number of thioether (sulfide) groups is 1. The summed E-state index contributed by atoms with van der Waals surface area (Å²) in [7, 11) is 0. The van der Waals surface area contributed by atoms with E-state index in [1.807, 2.05) is 35.8 Å². The minimum Gasteiger partial charge on any atom is -0.295 e. The molecule has 0 amide bonds. The van der Waals surface area contributed by atoms with Crippen molar-refractivity contribution in [1.82, 2.24) is 9.55 Å². The van der Waals surface area contributed by atoms with E-state index in [0.717, 1.165) is 18.1 Å². The summed E-state index contributed by atoms with van der Waals surface area (Å²) in [4.78, 5) is 15.7. The zero-order chi connectivity index (χ0) is 9.84. The van der Waals surface area contributed by atoms with Gasteiger partial charge in [-0.1, -0.05) is 0 Å². The maximum atomic E-state index is 11.6. The number of hydrogen-bond donors (Lipinski definition) is 0. The summed E-state index contributed by atoms with van der Waals surface area (Å²) >= 11 is 3.75. The zero-order valence-electron chi connectivity index (χ0n) is 7.58. The second-order valence-corrected chi connectivity index (χ2v) is 4.75. The average molecular weight is 310 g/mol. The molecule has 0 aliphatic rings. The van der Waals surface area contributed by atoms with Crippen molar-refractivity contribution in [2.45, 2.75) is 13.5 Å². The third-order valence-electron chi connectivity index (χ3n) is 1.72. The first-order valence-electron chi connectivity index (χ1n) is 3.87. The predicted octanol–water partition coefficient (Wildman–Crippen LogP) is 1.52. The minimum atomic E-state index is 0.0714. The second-order valence-electron chi connectivity index (χ2n) is 2.60. The van der Waals surface area contributed by atoms with E-state index >= 15 is 0 Å². The van der Waals surface area contributed by atoms with Crippen LogP contribution in [-0.4, -0.2) is 21.6 Å². The molecule has 0 aliphatic heterocycles. The SMILES string of the molecule is CSCCn1c(C)ncc(I)c1=O. The molecule has 0 fully saturated rings. The molecular weight excluding hydrogens is 299 g/mol. The average Bonchev–Trinajstić information content (AvgIpc) is 2.12. The Morgan fingerprint density at radius 2 is 2.38 bits per heavy atom. The third kappa shape index (κ3) is 2.70. The molecule has 72 valence electrons. The Bertz CT molecular complexity index is 350. The van der Waals surface area contributed by atoms with Crippen LogP contribution in [0, 0.1) is 10.5 Å². The molecule has 0 N–H and O–H groups in total. The van der Waals surface area contributed by atoms with Gasteiger partial charge in [0.05, 0.1) is 3.57 Å². The molecule has 13 heavy (non-hydrogen) atoms. The Balaban J connectivity index is 3.03. The molecule has 0 unspecified atom stereocenters. The van der Waals surface area contributed by atoms with Crippen molar-refractivity contribution in [1.29, 1.82) is 0 Å². The highest BCUT2D eigenvalue weighted by Crippen LogP contribution is 1.99. The van der Waals surface area contributed by atoms with Gasteiger partial charge in [0.25, 0.3) is 5.56 Å². The molecule has 0 saturated heterocycles. The van der Waals surface area contributed by atoms with Crippen molar-refractivity contribution in [2.75, 3.05) is 12.0 Å². The van der Waals surface area contributed by atoms with Crippen molar-refractivity contribution in [3.63, 3.8) is 0 Å². The van der Waals surface area contributed by atoms with E-state index in [-0.39, 0.29) is 5.56 Å². The van der Waals surface area contributed by atoms with Gasteiger partial charge in [0.2, 0.25) is 0 Å². The molecule has 3 nitrogen and oxygen atoms in total. The van der Waals surface area contributed by atoms with Crippen molar-refractivity contribution in [3.05, 3.63) is 25.9 Å². The lowest BCUT2D eigenvalue weighted by atomic mass is 10.5. The Morgan fingerprint density at radius 3 is 3.00 bits per heavy atom. The van der Waals surface area contributed by atoms with Crippen LogP contribution in [0.15, 0.2) is 11.0 Å². The fraction of sp³-hybridized carbons (Fsp3) is 0.500. The van der Waals surface area contributed by atoms with E-state index in [2.05, 4.69) is 4.98 Å². The van der Waals surface area contributed by atoms with Crippen LogP contribution in [0.1, 0.15) is 5.82 Å². The van der Waals surface area contributed by atoms with Crippen molar-refractivity contribution in [3.8, 4) is 0 Å². The minimum absolute atomic E-state index is 0.0714. The largest absolute Gasteiger partial charge is 0.295 e. The molecule has 0 bridgehead atoms. The lowest BCUT2D eigenvalue weighted by molar-refractivity contribution is 0.676. The standard InChI is InChI=1S/C8H11IN2OS/c1-6-10-5-7(9)8(12)11(6)3-4-13-2/h5H,3-4H2,1-2H3. The van der Waals surface area contributed by atoms with Crippen molar-refractivity contribution >= 4 is 34.4 Å². The highest BCUT2D eigenvalue weighted by Gasteiger charge is 2.03. The van der Waals surface area contributed by atoms with Crippen LogP contribution in [0.4, 0.5) is 0 Å². The maximum absolute atomic E-state index is 11.6. The fourth-order valence-corrected chi connectivity index (χ4v) is 1.79. The first-order valence-corrected chi connectivity index (χ1v) is 6.35. The molecule has 0 saturated carbocycles. The molecule has 1 rings (SSSR count). The van der Waals surface area contributed by atoms with Gasteiger partial charge in [0, 0.05) is 18.5 Å². The Hall–Kier alpha value is -0.0400. The van der Waals surface area contributed by atoms with Crippen LogP contribution in [0.5, 0.6) is 0 Å². The summed E-state index contributed by atoms with van der Waals surface area (Å²) in [6.45, 7) is 2.60. The maximum Gasteiger partial charge on any atom is 0.266 e. The molecule has 0 aliphatic carbocycles. The van der Waals surface area contributed by atoms with Gasteiger partial charge in [-0.05, 0) is 35.8 Å². The zero-order valence-corrected chi connectivity index (χ0v) is 10.6. The van der Waals surface area contributed by atoms with Gasteiger partial charge in [0.15, 0.2) is 0 Å². The smallest absolute Gasteiger partial charge is 0.266 e. The van der Waals surface area contributed by atoms with Gasteiger partial charge in [0.1, 0.15) is 5.82 Å². The summed E-state index contributed by atoms with van der Waals surface area (Å²) < 4.78 is 2.41. The quantitative estimate of drug-likeness (QED) is 0.794. The van der Waals surface area contributed by atoms with E-state index in [9.17, 15) is 4.79 Å². The Kier molecular flexibility index (Phi) is 4.24. The first kappa shape index (κ1) is 11.0. The monoisotopic (exact) mass is 310 g/mol. The molecule has 1 heterocycles. The van der Waals surface area contributed by atoms with Gasteiger partial charge < -0.3 is 0 Å². The van der Waals surface area contributed by atoms with Gasteiger partial charge >= 0.3 is 0 Å². The summed E-state index contributed by atoms with van der Waals surface area (Å²) in [6.07, 6.45) is 3.65.